The molecule has 19 heavy (non-hydrogen) atoms. The maximum atomic E-state index is 13.4. The number of benzene rings is 1. The minimum Gasteiger partial charge on any atom is -0.258 e. The molecule has 5 heteroatoms. The highest BCUT2D eigenvalue weighted by molar-refractivity contribution is 6.31. The summed E-state index contributed by atoms with van der Waals surface area (Å²) in [6, 6.07) is 4.20. The van der Waals surface area contributed by atoms with Crippen molar-refractivity contribution in [3.63, 3.8) is 0 Å². The van der Waals surface area contributed by atoms with Gasteiger partial charge in [0.2, 0.25) is 0 Å². The summed E-state index contributed by atoms with van der Waals surface area (Å²) in [6.07, 6.45) is 4.10. The molecule has 1 aliphatic heterocycles. The monoisotopic (exact) mass is 258 g/mol. The fraction of sp³-hybridized carbons (Fsp3) is 0.214. The summed E-state index contributed by atoms with van der Waals surface area (Å²) in [6.45, 7) is 2.00. The van der Waals surface area contributed by atoms with Crippen LogP contribution < -0.4 is 0 Å². The van der Waals surface area contributed by atoms with Gasteiger partial charge in [-0.3, -0.25) is 15.1 Å². The summed E-state index contributed by atoms with van der Waals surface area (Å²) >= 11 is 0. The summed E-state index contributed by atoms with van der Waals surface area (Å²) in [5, 5.41) is 11.1. The lowest BCUT2D eigenvalue weighted by atomic mass is 9.86. The largest absolute Gasteiger partial charge is 0.278 e. The van der Waals surface area contributed by atoms with Gasteiger partial charge in [0, 0.05) is 17.6 Å². The van der Waals surface area contributed by atoms with Gasteiger partial charge in [-0.15, -0.1) is 0 Å². The molecule has 4 nitrogen and oxygen atoms in total. The van der Waals surface area contributed by atoms with E-state index in [0.29, 0.717) is 22.5 Å². The minimum absolute atomic E-state index is 0.00667. The molecule has 0 N–H and O–H groups in total. The first kappa shape index (κ1) is 11.8. The summed E-state index contributed by atoms with van der Waals surface area (Å²) in [7, 11) is 0. The van der Waals surface area contributed by atoms with Crippen molar-refractivity contribution >= 4 is 17.0 Å². The first-order valence-corrected chi connectivity index (χ1v) is 6.07. The molecular weight excluding hydrogens is 247 g/mol. The van der Waals surface area contributed by atoms with Gasteiger partial charge in [0.05, 0.1) is 21.9 Å². The molecule has 1 heterocycles. The van der Waals surface area contributed by atoms with Crippen molar-refractivity contribution in [2.45, 2.75) is 13.3 Å². The molecule has 1 unspecified atom stereocenters. The van der Waals surface area contributed by atoms with E-state index in [1.807, 2.05) is 6.92 Å². The third kappa shape index (κ3) is 1.69. The second-order valence-electron chi connectivity index (χ2n) is 4.55. The molecule has 1 atom stereocenters. The molecule has 1 aromatic rings. The molecule has 1 aliphatic carbocycles. The quantitative estimate of drug-likeness (QED) is 0.602. The number of allylic oxidation sites excluding steroid dienone is 3. The van der Waals surface area contributed by atoms with Gasteiger partial charge < -0.3 is 0 Å². The van der Waals surface area contributed by atoms with E-state index >= 15 is 0 Å². The number of nitro groups is 1. The number of halogens is 1. The maximum Gasteiger partial charge on any atom is 0.278 e. The lowest BCUT2D eigenvalue weighted by molar-refractivity contribution is -0.417. The third-order valence-corrected chi connectivity index (χ3v) is 3.46. The molecule has 1 aromatic carbocycles. The Labute approximate surface area is 109 Å². The number of nitrogens with zero attached hydrogens (tertiary/aromatic N) is 2. The first-order valence-electron chi connectivity index (χ1n) is 6.07. The molecule has 0 aromatic heterocycles. The van der Waals surface area contributed by atoms with Crippen molar-refractivity contribution in [1.82, 2.24) is 0 Å². The van der Waals surface area contributed by atoms with Crippen LogP contribution in [0.4, 0.5) is 10.1 Å². The van der Waals surface area contributed by atoms with Crippen LogP contribution in [-0.4, -0.2) is 10.6 Å². The molecule has 0 saturated carbocycles. The Hall–Kier alpha value is -2.30. The third-order valence-electron chi connectivity index (χ3n) is 3.46. The van der Waals surface area contributed by atoms with Gasteiger partial charge in [-0.1, -0.05) is 13.0 Å². The number of hydrogen-bond donors (Lipinski definition) is 0. The average Bonchev–Trinajstić information content (AvgIpc) is 2.76. The number of rotatable bonds is 2. The summed E-state index contributed by atoms with van der Waals surface area (Å²) < 4.78 is 13.4. The standard InChI is InChI=1S/C14H11FN2O2/c1-2-8-3-6-12(17(18)19)13-10-7-9(15)4-5-11(10)16-14(8)13/h3-8H,2H2,1H3. The van der Waals surface area contributed by atoms with Crippen LogP contribution in [-0.2, 0) is 0 Å². The van der Waals surface area contributed by atoms with E-state index in [0.717, 1.165) is 6.42 Å². The van der Waals surface area contributed by atoms with E-state index in [1.165, 1.54) is 18.2 Å². The summed E-state index contributed by atoms with van der Waals surface area (Å²) in [4.78, 5) is 15.1. The van der Waals surface area contributed by atoms with E-state index in [2.05, 4.69) is 4.99 Å². The zero-order chi connectivity index (χ0) is 13.6. The van der Waals surface area contributed by atoms with E-state index in [1.54, 1.807) is 12.1 Å². The van der Waals surface area contributed by atoms with Gasteiger partial charge in [-0.05, 0) is 24.6 Å². The van der Waals surface area contributed by atoms with Gasteiger partial charge in [0.25, 0.3) is 5.70 Å². The Morgan fingerprint density at radius 1 is 1.47 bits per heavy atom. The van der Waals surface area contributed by atoms with Crippen molar-refractivity contribution in [3.8, 4) is 0 Å². The molecule has 0 radical (unpaired) electrons. The molecule has 96 valence electrons. The van der Waals surface area contributed by atoms with Crippen molar-refractivity contribution in [2.75, 3.05) is 0 Å². The van der Waals surface area contributed by atoms with Crippen molar-refractivity contribution < 1.29 is 9.31 Å². The zero-order valence-corrected chi connectivity index (χ0v) is 10.3. The van der Waals surface area contributed by atoms with Crippen molar-refractivity contribution in [2.24, 2.45) is 10.9 Å². The Morgan fingerprint density at radius 2 is 2.26 bits per heavy atom. The molecule has 0 bridgehead atoms. The highest BCUT2D eigenvalue weighted by atomic mass is 19.1. The SMILES string of the molecule is CCC1C=CC([N+](=O)[O-])=C2C1=Nc1ccc(F)cc12. The van der Waals surface area contributed by atoms with Crippen LogP contribution in [0.3, 0.4) is 0 Å². The lowest BCUT2D eigenvalue weighted by Gasteiger charge is -2.16. The molecule has 0 fully saturated rings. The fourth-order valence-corrected chi connectivity index (χ4v) is 2.53. The second kappa shape index (κ2) is 4.12. The van der Waals surface area contributed by atoms with Crippen LogP contribution in [0.5, 0.6) is 0 Å². The van der Waals surface area contributed by atoms with Gasteiger partial charge >= 0.3 is 0 Å². The van der Waals surface area contributed by atoms with E-state index in [4.69, 9.17) is 0 Å². The predicted molar refractivity (Wildman–Crippen MR) is 70.3 cm³/mol. The lowest BCUT2D eigenvalue weighted by Crippen LogP contribution is -2.18. The minimum atomic E-state index is -0.437. The molecule has 2 aliphatic rings. The fourth-order valence-electron chi connectivity index (χ4n) is 2.53. The first-order chi connectivity index (χ1) is 9.11. The van der Waals surface area contributed by atoms with Crippen LogP contribution in [0.15, 0.2) is 41.0 Å². The predicted octanol–water partition coefficient (Wildman–Crippen LogP) is 3.50. The van der Waals surface area contributed by atoms with E-state index < -0.39 is 10.7 Å². The van der Waals surface area contributed by atoms with Crippen molar-refractivity contribution in [3.05, 3.63) is 57.5 Å². The van der Waals surface area contributed by atoms with Crippen LogP contribution in [0.25, 0.3) is 5.57 Å². The normalized spacial score (nSPS) is 20.1. The molecule has 0 amide bonds. The van der Waals surface area contributed by atoms with Gasteiger partial charge in [-0.2, -0.15) is 0 Å². The average molecular weight is 258 g/mol. The van der Waals surface area contributed by atoms with Gasteiger partial charge in [-0.25, -0.2) is 4.39 Å². The summed E-state index contributed by atoms with van der Waals surface area (Å²) in [5.74, 6) is -0.359. The van der Waals surface area contributed by atoms with Crippen LogP contribution in [0, 0.1) is 21.8 Å². The molecule has 0 spiro atoms. The molecule has 0 saturated heterocycles. The Bertz CT molecular complexity index is 674. The van der Waals surface area contributed by atoms with E-state index in [-0.39, 0.29) is 11.6 Å². The Balaban J connectivity index is 2.27. The maximum absolute atomic E-state index is 13.4. The zero-order valence-electron chi connectivity index (χ0n) is 10.3. The Kier molecular flexibility index (Phi) is 2.55. The number of aliphatic imine (C=N–C) groups is 1. The van der Waals surface area contributed by atoms with Crippen LogP contribution in [0.1, 0.15) is 18.9 Å². The highest BCUT2D eigenvalue weighted by Gasteiger charge is 2.35. The van der Waals surface area contributed by atoms with E-state index in [9.17, 15) is 14.5 Å². The van der Waals surface area contributed by atoms with Gasteiger partial charge in [0.15, 0.2) is 0 Å². The second-order valence-corrected chi connectivity index (χ2v) is 4.55. The number of fused-ring (bicyclic) bond motifs is 3. The molecular formula is C14H11FN2O2. The van der Waals surface area contributed by atoms with Crippen LogP contribution in [0.2, 0.25) is 0 Å². The topological polar surface area (TPSA) is 55.5 Å². The molecule has 3 rings (SSSR count). The smallest absolute Gasteiger partial charge is 0.258 e. The highest BCUT2D eigenvalue weighted by Crippen LogP contribution is 2.42. The number of hydrogen-bond acceptors (Lipinski definition) is 3. The van der Waals surface area contributed by atoms with Crippen molar-refractivity contribution in [1.29, 1.82) is 0 Å². The summed E-state index contributed by atoms with van der Waals surface area (Å²) in [5.41, 5.74) is 2.26. The van der Waals surface area contributed by atoms with Crippen LogP contribution >= 0.6 is 0 Å². The Morgan fingerprint density at radius 3 is 2.95 bits per heavy atom. The van der Waals surface area contributed by atoms with Gasteiger partial charge in [0.1, 0.15) is 5.82 Å².